The Balaban J connectivity index is 1.76. The number of halogens is 3. The first kappa shape index (κ1) is 21.9. The maximum Gasteiger partial charge on any atom is 0.417 e. The van der Waals surface area contributed by atoms with Crippen molar-refractivity contribution in [3.63, 3.8) is 0 Å². The van der Waals surface area contributed by atoms with Crippen molar-refractivity contribution in [3.05, 3.63) is 39.5 Å². The Morgan fingerprint density at radius 1 is 1.25 bits per heavy atom. The molecule has 2 rings (SSSR count). The molecule has 0 aliphatic rings. The number of pyridine rings is 1. The molecule has 0 bridgehead atoms. The van der Waals surface area contributed by atoms with Crippen LogP contribution >= 0.6 is 11.3 Å². The Morgan fingerprint density at radius 3 is 2.61 bits per heavy atom. The van der Waals surface area contributed by atoms with Gasteiger partial charge in [0.25, 0.3) is 0 Å². The third-order valence-electron chi connectivity index (χ3n) is 3.72. The Labute approximate surface area is 166 Å². The average Bonchev–Trinajstić information content (AvgIpc) is 2.96. The Kier molecular flexibility index (Phi) is 8.04. The van der Waals surface area contributed by atoms with E-state index in [1.54, 1.807) is 11.3 Å². The van der Waals surface area contributed by atoms with Gasteiger partial charge in [-0.2, -0.15) is 13.2 Å². The lowest BCUT2D eigenvalue weighted by atomic mass is 10.3. The van der Waals surface area contributed by atoms with Crippen molar-refractivity contribution in [3.8, 4) is 5.88 Å². The quantitative estimate of drug-likeness (QED) is 0.393. The lowest BCUT2D eigenvalue weighted by Gasteiger charge is -2.12. The molecule has 0 saturated carbocycles. The van der Waals surface area contributed by atoms with E-state index < -0.39 is 11.7 Å². The molecule has 0 amide bonds. The number of aromatic nitrogens is 2. The fourth-order valence-corrected chi connectivity index (χ4v) is 3.13. The van der Waals surface area contributed by atoms with E-state index in [1.165, 1.54) is 10.9 Å². The van der Waals surface area contributed by atoms with E-state index in [1.807, 2.05) is 13.8 Å². The van der Waals surface area contributed by atoms with Gasteiger partial charge in [0.1, 0.15) is 6.61 Å². The first-order chi connectivity index (χ1) is 13.3. The lowest BCUT2D eigenvalue weighted by molar-refractivity contribution is -0.137. The second-order valence-electron chi connectivity index (χ2n) is 5.92. The second kappa shape index (κ2) is 10.3. The molecule has 0 unspecified atom stereocenters. The SMILES string of the molecule is CCNC(=NCCc1nc(C)c(C)s1)NCCOc1ccc(C(F)(F)F)cn1. The first-order valence-corrected chi connectivity index (χ1v) is 9.72. The predicted molar refractivity (Wildman–Crippen MR) is 104 cm³/mol. The number of hydrogen-bond donors (Lipinski definition) is 2. The van der Waals surface area contributed by atoms with Gasteiger partial charge in [-0.1, -0.05) is 0 Å². The van der Waals surface area contributed by atoms with E-state index in [0.717, 1.165) is 29.4 Å². The molecule has 0 spiro atoms. The molecule has 0 aliphatic heterocycles. The van der Waals surface area contributed by atoms with Crippen LogP contribution in [0.1, 0.15) is 28.1 Å². The molecule has 6 nitrogen and oxygen atoms in total. The summed E-state index contributed by atoms with van der Waals surface area (Å²) < 4.78 is 42.9. The highest BCUT2D eigenvalue weighted by Gasteiger charge is 2.30. The van der Waals surface area contributed by atoms with E-state index in [2.05, 4.69) is 32.5 Å². The van der Waals surface area contributed by atoms with Gasteiger partial charge >= 0.3 is 6.18 Å². The van der Waals surface area contributed by atoms with Crippen molar-refractivity contribution in [2.24, 2.45) is 4.99 Å². The lowest BCUT2D eigenvalue weighted by Crippen LogP contribution is -2.39. The minimum Gasteiger partial charge on any atom is -0.476 e. The molecule has 0 aliphatic carbocycles. The standard InChI is InChI=1S/C18H24F3N5OS/c1-4-22-17(23-8-7-16-26-12(2)13(3)28-16)24-9-10-27-15-6-5-14(11-25-15)18(19,20)21/h5-6,11H,4,7-10H2,1-3H3,(H2,22,23,24). The molecule has 0 saturated heterocycles. The summed E-state index contributed by atoms with van der Waals surface area (Å²) in [7, 11) is 0. The van der Waals surface area contributed by atoms with Gasteiger partial charge in [-0.05, 0) is 26.8 Å². The zero-order chi connectivity index (χ0) is 20.6. The monoisotopic (exact) mass is 415 g/mol. The number of rotatable bonds is 8. The highest BCUT2D eigenvalue weighted by molar-refractivity contribution is 7.11. The molecule has 0 atom stereocenters. The molecule has 0 radical (unpaired) electrons. The van der Waals surface area contributed by atoms with Crippen LogP contribution in [-0.4, -0.2) is 42.2 Å². The van der Waals surface area contributed by atoms with Crippen molar-refractivity contribution < 1.29 is 17.9 Å². The fourth-order valence-electron chi connectivity index (χ4n) is 2.21. The third-order valence-corrected chi connectivity index (χ3v) is 4.85. The molecule has 0 aromatic carbocycles. The van der Waals surface area contributed by atoms with Crippen molar-refractivity contribution in [2.75, 3.05) is 26.2 Å². The summed E-state index contributed by atoms with van der Waals surface area (Å²) in [6.07, 6.45) is -2.88. The molecule has 0 fully saturated rings. The Hall–Kier alpha value is -2.36. The Morgan fingerprint density at radius 2 is 2.04 bits per heavy atom. The van der Waals surface area contributed by atoms with Crippen molar-refractivity contribution >= 4 is 17.3 Å². The van der Waals surface area contributed by atoms with Crippen LogP contribution in [0.2, 0.25) is 0 Å². The van der Waals surface area contributed by atoms with Crippen molar-refractivity contribution in [2.45, 2.75) is 33.4 Å². The molecule has 2 N–H and O–H groups in total. The summed E-state index contributed by atoms with van der Waals surface area (Å²) in [5.74, 6) is 0.794. The maximum atomic E-state index is 12.5. The fraction of sp³-hybridized carbons (Fsp3) is 0.500. The Bertz CT molecular complexity index is 755. The molecule has 28 heavy (non-hydrogen) atoms. The molecule has 2 heterocycles. The third kappa shape index (κ3) is 6.99. The highest BCUT2D eigenvalue weighted by Crippen LogP contribution is 2.29. The smallest absolute Gasteiger partial charge is 0.417 e. The number of nitrogens with zero attached hydrogens (tertiary/aromatic N) is 3. The minimum atomic E-state index is -4.40. The van der Waals surface area contributed by atoms with Crippen LogP contribution in [0.25, 0.3) is 0 Å². The summed E-state index contributed by atoms with van der Waals surface area (Å²) in [5.41, 5.74) is 0.258. The molecular weight excluding hydrogens is 391 g/mol. The van der Waals surface area contributed by atoms with Crippen LogP contribution in [0.5, 0.6) is 5.88 Å². The van der Waals surface area contributed by atoms with E-state index in [4.69, 9.17) is 4.74 Å². The van der Waals surface area contributed by atoms with Crippen LogP contribution in [0.15, 0.2) is 23.3 Å². The van der Waals surface area contributed by atoms with Gasteiger partial charge in [0.15, 0.2) is 5.96 Å². The summed E-state index contributed by atoms with van der Waals surface area (Å²) in [5, 5.41) is 7.31. The summed E-state index contributed by atoms with van der Waals surface area (Å²) >= 11 is 1.68. The first-order valence-electron chi connectivity index (χ1n) is 8.90. The van der Waals surface area contributed by atoms with Crippen molar-refractivity contribution in [1.29, 1.82) is 0 Å². The van der Waals surface area contributed by atoms with Gasteiger partial charge in [-0.25, -0.2) is 9.97 Å². The van der Waals surface area contributed by atoms with E-state index in [-0.39, 0.29) is 12.5 Å². The number of aryl methyl sites for hydroxylation is 2. The number of ether oxygens (including phenoxy) is 1. The minimum absolute atomic E-state index is 0.145. The van der Waals surface area contributed by atoms with E-state index >= 15 is 0 Å². The number of alkyl halides is 3. The highest BCUT2D eigenvalue weighted by atomic mass is 32.1. The summed E-state index contributed by atoms with van der Waals surface area (Å²) in [6.45, 7) is 8.00. The van der Waals surface area contributed by atoms with Crippen LogP contribution in [0.4, 0.5) is 13.2 Å². The second-order valence-corrected chi connectivity index (χ2v) is 7.21. The number of nitrogens with one attached hydrogen (secondary N) is 2. The van der Waals surface area contributed by atoms with Gasteiger partial charge in [0.2, 0.25) is 5.88 Å². The number of thiazole rings is 1. The molecule has 154 valence electrons. The maximum absolute atomic E-state index is 12.5. The number of aliphatic imine (C=N–C) groups is 1. The van der Waals surface area contributed by atoms with Crippen LogP contribution in [-0.2, 0) is 12.6 Å². The molecule has 10 heteroatoms. The van der Waals surface area contributed by atoms with Gasteiger partial charge in [0, 0.05) is 36.7 Å². The van der Waals surface area contributed by atoms with Crippen LogP contribution in [0.3, 0.4) is 0 Å². The van der Waals surface area contributed by atoms with Crippen LogP contribution < -0.4 is 15.4 Å². The van der Waals surface area contributed by atoms with E-state index in [9.17, 15) is 13.2 Å². The largest absolute Gasteiger partial charge is 0.476 e. The zero-order valence-electron chi connectivity index (χ0n) is 16.1. The van der Waals surface area contributed by atoms with Gasteiger partial charge in [0.05, 0.1) is 22.8 Å². The normalized spacial score (nSPS) is 12.1. The summed E-state index contributed by atoms with van der Waals surface area (Å²) in [4.78, 5) is 13.9. The number of guanidine groups is 1. The van der Waals surface area contributed by atoms with Crippen molar-refractivity contribution in [1.82, 2.24) is 20.6 Å². The van der Waals surface area contributed by atoms with E-state index in [0.29, 0.717) is 25.6 Å². The average molecular weight is 415 g/mol. The molecular formula is C18H24F3N5OS. The molecule has 2 aromatic rings. The molecule has 2 aromatic heterocycles. The predicted octanol–water partition coefficient (Wildman–Crippen LogP) is 3.35. The van der Waals surface area contributed by atoms with Crippen LogP contribution in [0, 0.1) is 13.8 Å². The van der Waals surface area contributed by atoms with Gasteiger partial charge in [-0.3, -0.25) is 4.99 Å². The van der Waals surface area contributed by atoms with Gasteiger partial charge in [-0.15, -0.1) is 11.3 Å². The summed E-state index contributed by atoms with van der Waals surface area (Å²) in [6, 6.07) is 2.16. The number of hydrogen-bond acceptors (Lipinski definition) is 5. The zero-order valence-corrected chi connectivity index (χ0v) is 16.9. The topological polar surface area (TPSA) is 71.4 Å². The van der Waals surface area contributed by atoms with Gasteiger partial charge < -0.3 is 15.4 Å².